The van der Waals surface area contributed by atoms with E-state index in [9.17, 15) is 0 Å². The number of hydrogen-bond donors (Lipinski definition) is 2. The maximum Gasteiger partial charge on any atom is 0.172 e. The van der Waals surface area contributed by atoms with E-state index in [4.69, 9.17) is 0 Å². The highest BCUT2D eigenvalue weighted by Gasteiger charge is 1.89. The third kappa shape index (κ3) is 1.36. The summed E-state index contributed by atoms with van der Waals surface area (Å²) < 4.78 is 0. The fourth-order valence-electron chi connectivity index (χ4n) is 0.714. The van der Waals surface area contributed by atoms with Gasteiger partial charge in [-0.05, 0) is 0 Å². The summed E-state index contributed by atoms with van der Waals surface area (Å²) in [6, 6.07) is 0. The lowest BCUT2D eigenvalue weighted by Crippen LogP contribution is -1.60. The first kappa shape index (κ1) is 6.71. The van der Waals surface area contributed by atoms with Crippen molar-refractivity contribution in [1.82, 2.24) is 19.9 Å². The molecule has 0 aliphatic rings. The number of nitrogens with zero attached hydrogens (tertiary/aromatic N) is 4. The maximum atomic E-state index is 3.84. The van der Waals surface area contributed by atoms with Crippen LogP contribution in [0, 0.1) is 0 Å². The molecule has 0 amide bonds. The number of aromatic amines is 2. The Kier molecular flexibility index (Phi) is 1.65. The minimum atomic E-state index is 0.615. The Bertz CT molecular complexity index is 309. The number of aromatic nitrogens is 4. The lowest BCUT2D eigenvalue weighted by atomic mass is 10.8. The lowest BCUT2D eigenvalue weighted by molar-refractivity contribution is 1.15. The summed E-state index contributed by atoms with van der Waals surface area (Å²) in [5.74, 6) is 1.23. The van der Waals surface area contributed by atoms with Crippen LogP contribution in [0.2, 0.25) is 0 Å². The lowest BCUT2D eigenvalue weighted by Gasteiger charge is -1.81. The van der Waals surface area contributed by atoms with Crippen molar-refractivity contribution < 1.29 is 0 Å². The molecule has 0 unspecified atom stereocenters. The molecule has 12 heavy (non-hydrogen) atoms. The smallest absolute Gasteiger partial charge is 0.172 e. The number of hydrogen-bond acceptors (Lipinski definition) is 4. The molecule has 0 radical (unpaired) electrons. The van der Waals surface area contributed by atoms with Crippen molar-refractivity contribution >= 4 is 11.6 Å². The second-order valence-corrected chi connectivity index (χ2v) is 2.07. The molecule has 2 rings (SSSR count). The number of H-pyrrole nitrogens is 2. The van der Waals surface area contributed by atoms with Crippen LogP contribution >= 0.6 is 0 Å². The average molecular weight is 162 g/mol. The molecule has 2 heterocycles. The van der Waals surface area contributed by atoms with Crippen molar-refractivity contribution in [1.29, 1.82) is 0 Å². The van der Waals surface area contributed by atoms with Crippen LogP contribution in [0.5, 0.6) is 0 Å². The van der Waals surface area contributed by atoms with E-state index in [2.05, 4.69) is 30.2 Å². The molecule has 0 bridgehead atoms. The van der Waals surface area contributed by atoms with E-state index < -0.39 is 0 Å². The third-order valence-electron chi connectivity index (χ3n) is 1.23. The van der Waals surface area contributed by atoms with Crippen LogP contribution in [0.3, 0.4) is 0 Å². The van der Waals surface area contributed by atoms with Crippen molar-refractivity contribution in [2.75, 3.05) is 0 Å². The zero-order valence-corrected chi connectivity index (χ0v) is 6.10. The summed E-state index contributed by atoms with van der Waals surface area (Å²) in [6.07, 6.45) is 6.25. The van der Waals surface area contributed by atoms with Gasteiger partial charge in [-0.2, -0.15) is 0 Å². The molecule has 2 aromatic heterocycles. The van der Waals surface area contributed by atoms with E-state index in [1.54, 1.807) is 25.0 Å². The van der Waals surface area contributed by atoms with Crippen LogP contribution in [-0.2, 0) is 0 Å². The second kappa shape index (κ2) is 2.95. The van der Waals surface area contributed by atoms with Crippen LogP contribution in [0.25, 0.3) is 0 Å². The molecule has 0 spiro atoms. The second-order valence-electron chi connectivity index (χ2n) is 2.07. The average Bonchev–Trinajstić information content (AvgIpc) is 2.74. The highest BCUT2D eigenvalue weighted by atomic mass is 15.2. The largest absolute Gasteiger partial charge is 0.328 e. The number of imidazole rings is 2. The van der Waals surface area contributed by atoms with E-state index >= 15 is 0 Å². The maximum absolute atomic E-state index is 3.84. The highest BCUT2D eigenvalue weighted by Crippen LogP contribution is 2.10. The molecule has 0 saturated heterocycles. The number of nitrogens with one attached hydrogen (secondary N) is 2. The monoisotopic (exact) mass is 162 g/mol. The summed E-state index contributed by atoms with van der Waals surface area (Å²) in [6.45, 7) is 0. The van der Waals surface area contributed by atoms with E-state index in [0.29, 0.717) is 11.6 Å². The van der Waals surface area contributed by atoms with Crippen molar-refractivity contribution in [2.45, 2.75) is 0 Å². The fourth-order valence-corrected chi connectivity index (χ4v) is 0.714. The van der Waals surface area contributed by atoms with Gasteiger partial charge < -0.3 is 9.97 Å². The van der Waals surface area contributed by atoms with E-state index in [1.165, 1.54) is 0 Å². The number of rotatable bonds is 2. The van der Waals surface area contributed by atoms with Gasteiger partial charge in [0, 0.05) is 0 Å². The molecule has 0 saturated carbocycles. The molecule has 2 N–H and O–H groups in total. The SMILES string of the molecule is c1ncc(N=Nc2cnc[nH]2)[nH]1. The quantitative estimate of drug-likeness (QED) is 0.656. The minimum Gasteiger partial charge on any atom is -0.328 e. The van der Waals surface area contributed by atoms with E-state index in [1.807, 2.05) is 0 Å². The van der Waals surface area contributed by atoms with Gasteiger partial charge in [0.2, 0.25) is 0 Å². The minimum absolute atomic E-state index is 0.615. The Labute approximate surface area is 67.8 Å². The van der Waals surface area contributed by atoms with E-state index in [0.717, 1.165) is 0 Å². The van der Waals surface area contributed by atoms with Gasteiger partial charge in [0.1, 0.15) is 0 Å². The van der Waals surface area contributed by atoms with Gasteiger partial charge in [-0.15, -0.1) is 10.2 Å². The molecule has 0 aromatic carbocycles. The molecule has 60 valence electrons. The molecule has 6 heteroatoms. The summed E-state index contributed by atoms with van der Waals surface area (Å²) in [5, 5.41) is 7.69. The van der Waals surface area contributed by atoms with Gasteiger partial charge >= 0.3 is 0 Å². The van der Waals surface area contributed by atoms with Crippen molar-refractivity contribution in [3.05, 3.63) is 25.0 Å². The van der Waals surface area contributed by atoms with Crippen LogP contribution < -0.4 is 0 Å². The van der Waals surface area contributed by atoms with Gasteiger partial charge in [-0.25, -0.2) is 9.97 Å². The van der Waals surface area contributed by atoms with Gasteiger partial charge in [-0.1, -0.05) is 0 Å². The zero-order chi connectivity index (χ0) is 8.23. The van der Waals surface area contributed by atoms with Crippen LogP contribution in [0.1, 0.15) is 0 Å². The topological polar surface area (TPSA) is 82.1 Å². The van der Waals surface area contributed by atoms with Crippen molar-refractivity contribution in [3.63, 3.8) is 0 Å². The van der Waals surface area contributed by atoms with E-state index in [-0.39, 0.29) is 0 Å². The van der Waals surface area contributed by atoms with Gasteiger partial charge in [0.25, 0.3) is 0 Å². The molecular formula is C6H6N6. The highest BCUT2D eigenvalue weighted by molar-refractivity contribution is 5.24. The summed E-state index contributed by atoms with van der Waals surface area (Å²) in [5.41, 5.74) is 0. The third-order valence-corrected chi connectivity index (χ3v) is 1.23. The molecule has 0 fully saturated rings. The molecule has 2 aromatic rings. The van der Waals surface area contributed by atoms with Crippen LogP contribution in [0.4, 0.5) is 11.6 Å². The summed E-state index contributed by atoms with van der Waals surface area (Å²) in [4.78, 5) is 13.2. The van der Waals surface area contributed by atoms with Crippen LogP contribution in [0.15, 0.2) is 35.3 Å². The van der Waals surface area contributed by atoms with Gasteiger partial charge in [-0.3, -0.25) is 0 Å². The molecule has 0 aliphatic carbocycles. The predicted molar refractivity (Wildman–Crippen MR) is 41.4 cm³/mol. The Morgan fingerprint density at radius 1 is 0.917 bits per heavy atom. The molecule has 0 atom stereocenters. The molecular weight excluding hydrogens is 156 g/mol. The fraction of sp³-hybridized carbons (Fsp3) is 0. The normalized spacial score (nSPS) is 11.0. The first-order chi connectivity index (χ1) is 5.95. The van der Waals surface area contributed by atoms with Crippen molar-refractivity contribution in [2.24, 2.45) is 10.2 Å². The summed E-state index contributed by atoms with van der Waals surface area (Å²) in [7, 11) is 0. The Morgan fingerprint density at radius 3 is 1.75 bits per heavy atom. The Morgan fingerprint density at radius 2 is 1.42 bits per heavy atom. The van der Waals surface area contributed by atoms with Gasteiger partial charge in [0.15, 0.2) is 11.6 Å². The zero-order valence-electron chi connectivity index (χ0n) is 6.10. The van der Waals surface area contributed by atoms with Gasteiger partial charge in [0.05, 0.1) is 25.0 Å². The first-order valence-electron chi connectivity index (χ1n) is 3.33. The van der Waals surface area contributed by atoms with Crippen molar-refractivity contribution in [3.8, 4) is 0 Å². The Hall–Kier alpha value is -1.98. The Balaban J connectivity index is 2.14. The standard InChI is InChI=1S/C6H6N6/c1-5(9-3-7-1)11-12-6-2-8-4-10-6/h1-4H,(H,7,9)(H,8,10). The summed E-state index contributed by atoms with van der Waals surface area (Å²) >= 11 is 0. The molecule has 6 nitrogen and oxygen atoms in total. The predicted octanol–water partition coefficient (Wildman–Crippen LogP) is 1.55. The molecule has 0 aliphatic heterocycles. The first-order valence-corrected chi connectivity index (χ1v) is 3.33. The number of azo groups is 1. The van der Waals surface area contributed by atoms with Crippen LogP contribution in [-0.4, -0.2) is 19.9 Å².